The van der Waals surface area contributed by atoms with Gasteiger partial charge in [0.15, 0.2) is 0 Å². The average Bonchev–Trinajstić information content (AvgIpc) is 2.43. The molecule has 136 valence electrons. The summed E-state index contributed by atoms with van der Waals surface area (Å²) < 4.78 is 10.9. The molecule has 0 spiro atoms. The number of unbranched alkanes of at least 4 members (excludes halogenated alkanes) is 1. The van der Waals surface area contributed by atoms with Crippen LogP contribution >= 0.6 is 9.47 Å². The van der Waals surface area contributed by atoms with E-state index in [-0.39, 0.29) is 36.6 Å². The Bertz CT molecular complexity index is 364. The van der Waals surface area contributed by atoms with E-state index in [1.807, 2.05) is 6.92 Å². The molecule has 0 rings (SSSR count). The number of ether oxygens (including phenoxy) is 1. The van der Waals surface area contributed by atoms with Crippen LogP contribution in [-0.2, 0) is 18.8 Å². The molecule has 0 aromatic carbocycles. The van der Waals surface area contributed by atoms with Gasteiger partial charge in [-0.15, -0.1) is 0 Å². The first-order valence-electron chi connectivity index (χ1n) is 8.32. The molecule has 1 N–H and O–H groups in total. The minimum absolute atomic E-state index is 0.0337. The fourth-order valence-electron chi connectivity index (χ4n) is 2.01. The fourth-order valence-corrected chi connectivity index (χ4v) is 2.34. The van der Waals surface area contributed by atoms with E-state index < -0.39 is 11.5 Å². The number of carbonyl (C=O) groups excluding carboxylic acids is 2. The van der Waals surface area contributed by atoms with E-state index >= 15 is 0 Å². The van der Waals surface area contributed by atoms with Crippen LogP contribution in [0.2, 0.25) is 0 Å². The van der Waals surface area contributed by atoms with Gasteiger partial charge < -0.3 is 14.4 Å². The summed E-state index contributed by atoms with van der Waals surface area (Å²) in [4.78, 5) is 23.7. The summed E-state index contributed by atoms with van der Waals surface area (Å²) in [5.41, 5.74) is -0.534. The van der Waals surface area contributed by atoms with Gasteiger partial charge in [-0.3, -0.25) is 9.59 Å². The number of carbonyl (C=O) groups is 2. The second-order valence-corrected chi connectivity index (χ2v) is 7.36. The topological polar surface area (TPSA) is 72.8 Å². The number of aliphatic hydroxyl groups excluding tert-OH is 1. The number of hydrogen-bond donors (Lipinski definition) is 1. The molecule has 0 aliphatic heterocycles. The van der Waals surface area contributed by atoms with Gasteiger partial charge in [0.1, 0.15) is 11.6 Å². The van der Waals surface area contributed by atoms with Crippen molar-refractivity contribution < 1.29 is 24.0 Å². The summed E-state index contributed by atoms with van der Waals surface area (Å²) in [5, 5.41) is 10.1. The highest BCUT2D eigenvalue weighted by Gasteiger charge is 2.26. The molecule has 6 heteroatoms. The highest BCUT2D eigenvalue weighted by molar-refractivity contribution is 7.09. The molecule has 0 aliphatic carbocycles. The van der Waals surface area contributed by atoms with Crippen molar-refractivity contribution in [1.82, 2.24) is 0 Å². The van der Waals surface area contributed by atoms with Crippen molar-refractivity contribution in [2.45, 2.75) is 85.0 Å². The maximum absolute atomic E-state index is 11.9. The molecule has 0 radical (unpaired) electrons. The number of Topliss-reactive ketones (excluding diaryl/α,β-unsaturated/α-hetero) is 2. The van der Waals surface area contributed by atoms with Crippen molar-refractivity contribution in [3.8, 4) is 0 Å². The Morgan fingerprint density at radius 3 is 2.35 bits per heavy atom. The van der Waals surface area contributed by atoms with Gasteiger partial charge in [0.25, 0.3) is 0 Å². The van der Waals surface area contributed by atoms with Crippen molar-refractivity contribution >= 4 is 21.0 Å². The quantitative estimate of drug-likeness (QED) is 0.333. The van der Waals surface area contributed by atoms with Gasteiger partial charge in [-0.05, 0) is 13.3 Å². The van der Waals surface area contributed by atoms with Crippen LogP contribution in [0.5, 0.6) is 0 Å². The van der Waals surface area contributed by atoms with Crippen molar-refractivity contribution in [1.29, 1.82) is 0 Å². The molecule has 0 aromatic rings. The van der Waals surface area contributed by atoms with Crippen LogP contribution in [0, 0.1) is 5.41 Å². The fraction of sp³-hybridized carbons (Fsp3) is 0.882. The zero-order chi connectivity index (χ0) is 18.0. The SMILES string of the molecule is CCCCO[C@H](C)C(CC(O)CC(=O)CC(=O)C(C)(C)C)OP. The Balaban J connectivity index is 4.30. The van der Waals surface area contributed by atoms with Crippen LogP contribution in [0.15, 0.2) is 0 Å². The Hall–Kier alpha value is -0.350. The molecular formula is C17H33O5P. The van der Waals surface area contributed by atoms with E-state index in [4.69, 9.17) is 9.26 Å². The first kappa shape index (κ1) is 22.6. The molecule has 0 aromatic heterocycles. The molecule has 5 nitrogen and oxygen atoms in total. The molecular weight excluding hydrogens is 315 g/mol. The van der Waals surface area contributed by atoms with Crippen molar-refractivity contribution in [3.63, 3.8) is 0 Å². The number of aliphatic hydroxyl groups is 1. The molecule has 0 amide bonds. The summed E-state index contributed by atoms with van der Waals surface area (Å²) in [6.07, 6.45) is 0.855. The van der Waals surface area contributed by atoms with Crippen molar-refractivity contribution in [2.75, 3.05) is 6.61 Å². The predicted octanol–water partition coefficient (Wildman–Crippen LogP) is 3.08. The zero-order valence-electron chi connectivity index (χ0n) is 15.1. The minimum Gasteiger partial charge on any atom is -0.393 e. The largest absolute Gasteiger partial charge is 0.393 e. The standard InChI is InChI=1S/C17H33O5P/c1-6-7-8-21-12(2)15(22-23)10-13(18)9-14(19)11-16(20)17(3,4)5/h12-13,15,18H,6-11,23H2,1-5H3/t12-,13?,15?/m1/s1. The molecule has 0 aliphatic rings. The lowest BCUT2D eigenvalue weighted by molar-refractivity contribution is -0.132. The van der Waals surface area contributed by atoms with E-state index in [1.165, 1.54) is 0 Å². The minimum atomic E-state index is -0.835. The van der Waals surface area contributed by atoms with E-state index in [0.717, 1.165) is 12.8 Å². The van der Waals surface area contributed by atoms with Crippen molar-refractivity contribution in [2.24, 2.45) is 5.41 Å². The van der Waals surface area contributed by atoms with E-state index in [1.54, 1.807) is 20.8 Å². The number of ketones is 2. The highest BCUT2D eigenvalue weighted by atomic mass is 31.0. The molecule has 23 heavy (non-hydrogen) atoms. The molecule has 0 saturated carbocycles. The Morgan fingerprint density at radius 1 is 1.26 bits per heavy atom. The van der Waals surface area contributed by atoms with Crippen LogP contribution in [0.25, 0.3) is 0 Å². The lowest BCUT2D eigenvalue weighted by atomic mass is 9.87. The highest BCUT2D eigenvalue weighted by Crippen LogP contribution is 2.19. The maximum Gasteiger partial charge on any atom is 0.145 e. The van der Waals surface area contributed by atoms with E-state index in [2.05, 4.69) is 16.4 Å². The Labute approximate surface area is 142 Å². The molecule has 3 unspecified atom stereocenters. The second-order valence-electron chi connectivity index (χ2n) is 7.09. The third-order valence-corrected chi connectivity index (χ3v) is 4.09. The van der Waals surface area contributed by atoms with Gasteiger partial charge in [-0.2, -0.15) is 0 Å². The first-order valence-corrected chi connectivity index (χ1v) is 8.79. The van der Waals surface area contributed by atoms with Gasteiger partial charge >= 0.3 is 0 Å². The average molecular weight is 348 g/mol. The summed E-state index contributed by atoms with van der Waals surface area (Å²) in [6, 6.07) is 0. The summed E-state index contributed by atoms with van der Waals surface area (Å²) in [7, 11) is 2.19. The summed E-state index contributed by atoms with van der Waals surface area (Å²) in [6.45, 7) is 9.98. The maximum atomic E-state index is 11.9. The van der Waals surface area contributed by atoms with Gasteiger partial charge in [0.2, 0.25) is 0 Å². The smallest absolute Gasteiger partial charge is 0.145 e. The summed E-state index contributed by atoms with van der Waals surface area (Å²) in [5.74, 6) is -0.343. The third-order valence-electron chi connectivity index (χ3n) is 3.74. The van der Waals surface area contributed by atoms with Crippen LogP contribution in [0.1, 0.15) is 66.7 Å². The first-order chi connectivity index (χ1) is 10.6. The number of hydrogen-bond acceptors (Lipinski definition) is 5. The van der Waals surface area contributed by atoms with Gasteiger partial charge in [-0.25, -0.2) is 0 Å². The Kier molecular flexibility index (Phi) is 11.1. The molecule has 0 heterocycles. The van der Waals surface area contributed by atoms with Gasteiger partial charge in [0.05, 0.1) is 24.7 Å². The third kappa shape index (κ3) is 10.2. The zero-order valence-corrected chi connectivity index (χ0v) is 16.3. The summed E-state index contributed by atoms with van der Waals surface area (Å²) >= 11 is 0. The van der Waals surface area contributed by atoms with Crippen LogP contribution in [0.4, 0.5) is 0 Å². The molecule has 0 bridgehead atoms. The second kappa shape index (κ2) is 11.2. The van der Waals surface area contributed by atoms with E-state index in [9.17, 15) is 14.7 Å². The van der Waals surface area contributed by atoms with E-state index in [0.29, 0.717) is 13.0 Å². The monoisotopic (exact) mass is 348 g/mol. The normalized spacial score (nSPS) is 16.0. The lowest BCUT2D eigenvalue weighted by Gasteiger charge is -2.25. The molecule has 0 saturated heterocycles. The number of rotatable bonds is 12. The molecule has 4 atom stereocenters. The van der Waals surface area contributed by atoms with Gasteiger partial charge in [0, 0.05) is 34.3 Å². The van der Waals surface area contributed by atoms with Crippen molar-refractivity contribution in [3.05, 3.63) is 0 Å². The predicted molar refractivity (Wildman–Crippen MR) is 94.2 cm³/mol. The van der Waals surface area contributed by atoms with Crippen LogP contribution in [0.3, 0.4) is 0 Å². The lowest BCUT2D eigenvalue weighted by Crippen LogP contribution is -2.32. The van der Waals surface area contributed by atoms with Gasteiger partial charge in [-0.1, -0.05) is 34.1 Å². The van der Waals surface area contributed by atoms with Crippen LogP contribution in [-0.4, -0.2) is 41.6 Å². The van der Waals surface area contributed by atoms with Crippen LogP contribution < -0.4 is 0 Å². The molecule has 0 fully saturated rings. The Morgan fingerprint density at radius 2 is 1.87 bits per heavy atom.